The molecular weight excluding hydrogens is 508 g/mol. The second kappa shape index (κ2) is 11.5. The second-order valence-corrected chi connectivity index (χ2v) is 12.7. The summed E-state index contributed by atoms with van der Waals surface area (Å²) in [6, 6.07) is 13.9. The summed E-state index contributed by atoms with van der Waals surface area (Å²) in [6.45, 7) is 7.66. The summed E-state index contributed by atoms with van der Waals surface area (Å²) in [5, 5.41) is 10.4. The van der Waals surface area contributed by atoms with E-state index in [0.717, 1.165) is 41.6 Å². The van der Waals surface area contributed by atoms with Gasteiger partial charge in [-0.15, -0.1) is 0 Å². The molecule has 1 fully saturated rings. The average Bonchev–Trinajstić information content (AvgIpc) is 3.32. The molecule has 3 aromatic rings. The van der Waals surface area contributed by atoms with Gasteiger partial charge in [0, 0.05) is 30.9 Å². The van der Waals surface area contributed by atoms with E-state index in [-0.39, 0.29) is 4.90 Å². The van der Waals surface area contributed by atoms with Crippen molar-refractivity contribution in [1.82, 2.24) is 15.0 Å². The Morgan fingerprint density at radius 2 is 1.78 bits per heavy atom. The van der Waals surface area contributed by atoms with Crippen molar-refractivity contribution >= 4 is 48.9 Å². The van der Waals surface area contributed by atoms with Crippen molar-refractivity contribution in [2.75, 3.05) is 28.6 Å². The average molecular weight is 543 g/mol. The van der Waals surface area contributed by atoms with Crippen molar-refractivity contribution in [2.24, 2.45) is 0 Å². The number of carbonyl (C=O) groups is 1. The number of piperidine rings is 1. The van der Waals surface area contributed by atoms with Crippen LogP contribution in [0.1, 0.15) is 45.6 Å². The Balaban J connectivity index is 1.54. The van der Waals surface area contributed by atoms with Crippen LogP contribution in [0.2, 0.25) is 0 Å². The van der Waals surface area contributed by atoms with Gasteiger partial charge in [-0.3, -0.25) is 0 Å². The zero-order chi connectivity index (χ0) is 26.5. The molecule has 37 heavy (non-hydrogen) atoms. The fourth-order valence-electron chi connectivity index (χ4n) is 4.02. The van der Waals surface area contributed by atoms with E-state index in [1.807, 2.05) is 30.3 Å². The quantitative estimate of drug-likeness (QED) is 0.308. The summed E-state index contributed by atoms with van der Waals surface area (Å²) < 4.78 is 29.4. The van der Waals surface area contributed by atoms with Gasteiger partial charge in [0.2, 0.25) is 10.0 Å². The molecule has 2 aromatic carbocycles. The van der Waals surface area contributed by atoms with Gasteiger partial charge in [0.05, 0.1) is 11.9 Å². The Morgan fingerprint density at radius 1 is 1.05 bits per heavy atom. The highest BCUT2D eigenvalue weighted by Gasteiger charge is 2.26. The summed E-state index contributed by atoms with van der Waals surface area (Å²) in [4.78, 5) is 19.3. The predicted octanol–water partition coefficient (Wildman–Crippen LogP) is 5.28. The first-order chi connectivity index (χ1) is 17.6. The number of sulfonamides is 1. The maximum Gasteiger partial charge on any atom is 0.319 e. The minimum absolute atomic E-state index is 0.0382. The van der Waals surface area contributed by atoms with Crippen LogP contribution in [0.3, 0.4) is 0 Å². The van der Waals surface area contributed by atoms with Crippen molar-refractivity contribution in [3.8, 4) is 0 Å². The molecule has 11 heteroatoms. The molecule has 0 unspecified atom stereocenters. The number of amides is 2. The predicted molar refractivity (Wildman–Crippen MR) is 150 cm³/mol. The molecule has 0 radical (unpaired) electrons. The number of thiazole rings is 1. The van der Waals surface area contributed by atoms with E-state index < -0.39 is 21.6 Å². The molecule has 0 spiro atoms. The van der Waals surface area contributed by atoms with Crippen molar-refractivity contribution in [2.45, 2.75) is 57.0 Å². The van der Waals surface area contributed by atoms with Gasteiger partial charge >= 0.3 is 6.03 Å². The summed E-state index contributed by atoms with van der Waals surface area (Å²) >= 11 is 1.49. The van der Waals surface area contributed by atoms with Crippen LogP contribution in [0.25, 0.3) is 0 Å². The molecule has 0 aliphatic carbocycles. The summed E-state index contributed by atoms with van der Waals surface area (Å²) in [5.74, 6) is 0. The molecule has 2 heterocycles. The van der Waals surface area contributed by atoms with E-state index in [0.29, 0.717) is 17.9 Å². The lowest BCUT2D eigenvalue weighted by atomic mass is 10.1. The molecular formula is C26H34N6O3S2. The zero-order valence-corrected chi connectivity index (χ0v) is 23.0. The highest BCUT2D eigenvalue weighted by atomic mass is 32.2. The lowest BCUT2D eigenvalue weighted by Crippen LogP contribution is -2.40. The number of rotatable bonds is 8. The monoisotopic (exact) mass is 542 g/mol. The highest BCUT2D eigenvalue weighted by molar-refractivity contribution is 7.89. The normalized spacial score (nSPS) is 14.3. The minimum Gasteiger partial charge on any atom is -0.348 e. The molecule has 0 atom stereocenters. The maximum atomic E-state index is 13.4. The second-order valence-electron chi connectivity index (χ2n) is 10.0. The first-order valence-electron chi connectivity index (χ1n) is 12.3. The van der Waals surface area contributed by atoms with Crippen LogP contribution in [-0.2, 0) is 16.6 Å². The molecule has 4 rings (SSSR count). The van der Waals surface area contributed by atoms with E-state index >= 15 is 0 Å². The molecule has 2 amide bonds. The van der Waals surface area contributed by atoms with Crippen LogP contribution in [0, 0.1) is 0 Å². The zero-order valence-electron chi connectivity index (χ0n) is 21.4. The van der Waals surface area contributed by atoms with Gasteiger partial charge in [0.25, 0.3) is 0 Å². The molecule has 1 saturated heterocycles. The number of benzene rings is 2. The van der Waals surface area contributed by atoms with Gasteiger partial charge in [0.1, 0.15) is 9.90 Å². The first-order valence-corrected chi connectivity index (χ1v) is 14.6. The van der Waals surface area contributed by atoms with Gasteiger partial charge in [-0.05, 0) is 63.8 Å². The number of nitrogens with zero attached hydrogens (tertiary/aromatic N) is 2. The fourth-order valence-corrected chi connectivity index (χ4v) is 6.51. The third-order valence-corrected chi connectivity index (χ3v) is 8.41. The van der Waals surface area contributed by atoms with Crippen molar-refractivity contribution in [3.63, 3.8) is 0 Å². The van der Waals surface area contributed by atoms with Crippen LogP contribution >= 0.6 is 11.3 Å². The van der Waals surface area contributed by atoms with E-state index in [1.54, 1.807) is 39.1 Å². The third-order valence-electron chi connectivity index (χ3n) is 5.64. The van der Waals surface area contributed by atoms with Gasteiger partial charge < -0.3 is 20.9 Å². The molecule has 1 aromatic heterocycles. The van der Waals surface area contributed by atoms with Crippen LogP contribution in [0.4, 0.5) is 26.3 Å². The molecule has 4 N–H and O–H groups in total. The Morgan fingerprint density at radius 3 is 2.49 bits per heavy atom. The standard InChI is InChI=1S/C26H34N6O3S2/c1-26(2,3)31-37(34,35)22-16-20(29-24(33)27-17-19-10-6-4-7-11-19)12-13-21(22)30-23-18-28-25(36-23)32-14-8-5-9-15-32/h4,6-7,10-13,16,18,30-31H,5,8-9,14-15,17H2,1-3H3,(H2,27,29,33). The van der Waals surface area contributed by atoms with Crippen molar-refractivity contribution in [1.29, 1.82) is 0 Å². The van der Waals surface area contributed by atoms with Crippen LogP contribution in [0.15, 0.2) is 59.6 Å². The Bertz CT molecular complexity index is 1310. The van der Waals surface area contributed by atoms with Crippen LogP contribution in [-0.4, -0.2) is 38.1 Å². The fraction of sp³-hybridized carbons (Fsp3) is 0.385. The van der Waals surface area contributed by atoms with E-state index in [9.17, 15) is 13.2 Å². The van der Waals surface area contributed by atoms with Gasteiger partial charge in [-0.25, -0.2) is 22.9 Å². The van der Waals surface area contributed by atoms with Crippen molar-refractivity contribution in [3.05, 3.63) is 60.3 Å². The minimum atomic E-state index is -3.91. The molecule has 198 valence electrons. The molecule has 1 aliphatic heterocycles. The number of aromatic nitrogens is 1. The first kappa shape index (κ1) is 26.9. The molecule has 0 bridgehead atoms. The number of urea groups is 1. The van der Waals surface area contributed by atoms with Crippen LogP contribution in [0.5, 0.6) is 0 Å². The van der Waals surface area contributed by atoms with Gasteiger partial charge in [-0.1, -0.05) is 41.7 Å². The molecule has 1 aliphatic rings. The lowest BCUT2D eigenvalue weighted by molar-refractivity contribution is 0.251. The number of nitrogens with one attached hydrogen (secondary N) is 4. The summed E-state index contributed by atoms with van der Waals surface area (Å²) in [5.41, 5.74) is 1.05. The van der Waals surface area contributed by atoms with E-state index in [4.69, 9.17) is 0 Å². The topological polar surface area (TPSA) is 115 Å². The summed E-state index contributed by atoms with van der Waals surface area (Å²) in [6.07, 6.45) is 5.26. The van der Waals surface area contributed by atoms with Gasteiger partial charge in [-0.2, -0.15) is 0 Å². The Hall–Kier alpha value is -3.15. The number of anilines is 4. The number of hydrogen-bond donors (Lipinski definition) is 4. The Kier molecular flexibility index (Phi) is 8.35. The highest BCUT2D eigenvalue weighted by Crippen LogP contribution is 2.34. The SMILES string of the molecule is CC(C)(C)NS(=O)(=O)c1cc(NC(=O)NCc2ccccc2)ccc1Nc1cnc(N2CCCCC2)s1. The Labute approximate surface area is 222 Å². The maximum absolute atomic E-state index is 13.4. The van der Waals surface area contributed by atoms with Crippen molar-refractivity contribution < 1.29 is 13.2 Å². The lowest BCUT2D eigenvalue weighted by Gasteiger charge is -2.25. The molecule has 0 saturated carbocycles. The summed E-state index contributed by atoms with van der Waals surface area (Å²) in [7, 11) is -3.91. The van der Waals surface area contributed by atoms with E-state index in [2.05, 4.69) is 30.6 Å². The smallest absolute Gasteiger partial charge is 0.319 e. The number of hydrogen-bond acceptors (Lipinski definition) is 7. The van der Waals surface area contributed by atoms with Gasteiger partial charge in [0.15, 0.2) is 5.13 Å². The largest absolute Gasteiger partial charge is 0.348 e. The third kappa shape index (κ3) is 7.67. The van der Waals surface area contributed by atoms with Crippen LogP contribution < -0.4 is 25.6 Å². The van der Waals surface area contributed by atoms with E-state index in [1.165, 1.54) is 23.8 Å². The molecule has 9 nitrogen and oxygen atoms in total. The number of carbonyl (C=O) groups excluding carboxylic acids is 1.